The summed E-state index contributed by atoms with van der Waals surface area (Å²) in [6, 6.07) is 18.8. The number of hydrogen-bond donors (Lipinski definition) is 1. The average Bonchev–Trinajstić information content (AvgIpc) is 3.13. The van der Waals surface area contributed by atoms with Gasteiger partial charge in [-0.05, 0) is 29.8 Å². The van der Waals surface area contributed by atoms with Crippen LogP contribution in [0.2, 0.25) is 0 Å². The molecular weight excluding hydrogens is 449 g/mol. The van der Waals surface area contributed by atoms with E-state index < -0.39 is 0 Å². The molecule has 1 fully saturated rings. The minimum Gasteiger partial charge on any atom is -0.497 e. The van der Waals surface area contributed by atoms with Gasteiger partial charge in [0.25, 0.3) is 0 Å². The van der Waals surface area contributed by atoms with Crippen LogP contribution in [-0.4, -0.2) is 38.3 Å². The van der Waals surface area contributed by atoms with Crippen molar-refractivity contribution in [1.82, 2.24) is 10.3 Å². The number of hydrogen-bond acceptors (Lipinski definition) is 5. The molecule has 0 radical (unpaired) electrons. The number of benzene rings is 2. The molecule has 0 aliphatic carbocycles. The van der Waals surface area contributed by atoms with Gasteiger partial charge < -0.3 is 15.0 Å². The molecule has 29 heavy (non-hydrogen) atoms. The molecular formula is C21H26Cl3N3OS. The van der Waals surface area contributed by atoms with Crippen LogP contribution >= 0.6 is 48.6 Å². The maximum atomic E-state index is 5.30. The zero-order chi connectivity index (χ0) is 17.8. The molecule has 3 aromatic rings. The smallest absolute Gasteiger partial charge is 0.186 e. The molecule has 0 unspecified atom stereocenters. The lowest BCUT2D eigenvalue weighted by molar-refractivity contribution is 0.415. The van der Waals surface area contributed by atoms with Gasteiger partial charge >= 0.3 is 0 Å². The van der Waals surface area contributed by atoms with Crippen molar-refractivity contribution in [3.05, 3.63) is 65.0 Å². The van der Waals surface area contributed by atoms with Crippen LogP contribution in [0.3, 0.4) is 0 Å². The van der Waals surface area contributed by atoms with E-state index in [0.717, 1.165) is 54.7 Å². The molecule has 1 N–H and O–H groups in total. The van der Waals surface area contributed by atoms with Crippen LogP contribution in [0.5, 0.6) is 5.75 Å². The van der Waals surface area contributed by atoms with Crippen LogP contribution in [0.4, 0.5) is 5.13 Å². The minimum absolute atomic E-state index is 0. The maximum absolute atomic E-state index is 5.30. The number of methoxy groups -OCH3 is 1. The molecule has 2 heterocycles. The molecule has 0 spiro atoms. The van der Waals surface area contributed by atoms with Gasteiger partial charge in [0.1, 0.15) is 5.75 Å². The quantitative estimate of drug-likeness (QED) is 0.559. The Bertz CT molecular complexity index is 853. The Morgan fingerprint density at radius 2 is 1.62 bits per heavy atom. The van der Waals surface area contributed by atoms with Gasteiger partial charge in [0.15, 0.2) is 5.13 Å². The van der Waals surface area contributed by atoms with E-state index in [0.29, 0.717) is 0 Å². The molecule has 0 saturated carbocycles. The number of nitrogens with zero attached hydrogens (tertiary/aromatic N) is 2. The first kappa shape index (κ1) is 25.5. The standard InChI is InChI=1S/C21H23N3OS.3ClH/c1-25-18-9-7-17(8-10-18)20-19(15-16-5-3-2-4-6-16)26-21(23-20)24-13-11-22-12-14-24;;;/h2-10,22H,11-15H2,1H3;3*1H. The Balaban J connectivity index is 0.00000140. The van der Waals surface area contributed by atoms with Crippen molar-refractivity contribution in [2.75, 3.05) is 38.2 Å². The average molecular weight is 475 g/mol. The molecule has 0 atom stereocenters. The van der Waals surface area contributed by atoms with Gasteiger partial charge in [-0.15, -0.1) is 48.6 Å². The number of anilines is 1. The second kappa shape index (κ2) is 12.3. The van der Waals surface area contributed by atoms with Gasteiger partial charge in [-0.25, -0.2) is 4.98 Å². The molecule has 8 heteroatoms. The highest BCUT2D eigenvalue weighted by atomic mass is 35.5. The second-order valence-electron chi connectivity index (χ2n) is 6.40. The normalized spacial score (nSPS) is 12.9. The van der Waals surface area contributed by atoms with Gasteiger partial charge in [-0.2, -0.15) is 0 Å². The molecule has 4 nitrogen and oxygen atoms in total. The number of ether oxygens (including phenoxy) is 1. The first-order valence-corrected chi connectivity index (χ1v) is 9.79. The first-order valence-electron chi connectivity index (χ1n) is 8.97. The van der Waals surface area contributed by atoms with Crippen molar-refractivity contribution >= 4 is 53.7 Å². The zero-order valence-electron chi connectivity index (χ0n) is 16.2. The first-order chi connectivity index (χ1) is 12.8. The van der Waals surface area contributed by atoms with Gasteiger partial charge in [-0.1, -0.05) is 30.3 Å². The van der Waals surface area contributed by atoms with Gasteiger partial charge in [-0.3, -0.25) is 0 Å². The van der Waals surface area contributed by atoms with Crippen molar-refractivity contribution in [2.45, 2.75) is 6.42 Å². The van der Waals surface area contributed by atoms with Gasteiger partial charge in [0, 0.05) is 43.0 Å². The highest BCUT2D eigenvalue weighted by Gasteiger charge is 2.19. The van der Waals surface area contributed by atoms with Crippen LogP contribution in [0.15, 0.2) is 54.6 Å². The number of nitrogens with one attached hydrogen (secondary N) is 1. The van der Waals surface area contributed by atoms with E-state index in [-0.39, 0.29) is 37.2 Å². The van der Waals surface area contributed by atoms with Crippen LogP contribution < -0.4 is 15.0 Å². The summed E-state index contributed by atoms with van der Waals surface area (Å²) in [7, 11) is 1.70. The van der Waals surface area contributed by atoms with E-state index in [1.165, 1.54) is 10.4 Å². The molecule has 2 aromatic carbocycles. The summed E-state index contributed by atoms with van der Waals surface area (Å²) in [6.45, 7) is 4.07. The number of aromatic nitrogens is 1. The van der Waals surface area contributed by atoms with E-state index in [1.54, 1.807) is 7.11 Å². The summed E-state index contributed by atoms with van der Waals surface area (Å²) in [5, 5.41) is 4.54. The Hall–Kier alpha value is -1.50. The number of thiazole rings is 1. The summed E-state index contributed by atoms with van der Waals surface area (Å²) in [5.74, 6) is 0.871. The van der Waals surface area contributed by atoms with Crippen LogP contribution in [0, 0.1) is 0 Å². The van der Waals surface area contributed by atoms with E-state index in [4.69, 9.17) is 9.72 Å². The van der Waals surface area contributed by atoms with E-state index in [1.807, 2.05) is 23.5 Å². The van der Waals surface area contributed by atoms with Crippen LogP contribution in [0.1, 0.15) is 10.4 Å². The summed E-state index contributed by atoms with van der Waals surface area (Å²) < 4.78 is 5.30. The number of halogens is 3. The summed E-state index contributed by atoms with van der Waals surface area (Å²) in [6.07, 6.45) is 0.909. The van der Waals surface area contributed by atoms with E-state index >= 15 is 0 Å². The molecule has 0 bridgehead atoms. The number of rotatable bonds is 5. The monoisotopic (exact) mass is 473 g/mol. The summed E-state index contributed by atoms with van der Waals surface area (Å²) in [4.78, 5) is 8.74. The fourth-order valence-electron chi connectivity index (χ4n) is 3.21. The summed E-state index contributed by atoms with van der Waals surface area (Å²) in [5.41, 5.74) is 3.56. The van der Waals surface area contributed by atoms with E-state index in [2.05, 4.69) is 52.7 Å². The Labute approximate surface area is 194 Å². The maximum Gasteiger partial charge on any atom is 0.186 e. The lowest BCUT2D eigenvalue weighted by Crippen LogP contribution is -2.43. The van der Waals surface area contributed by atoms with E-state index in [9.17, 15) is 0 Å². The van der Waals surface area contributed by atoms with Crippen molar-refractivity contribution in [3.8, 4) is 17.0 Å². The Kier molecular flexibility index (Phi) is 10.8. The highest BCUT2D eigenvalue weighted by molar-refractivity contribution is 7.16. The highest BCUT2D eigenvalue weighted by Crippen LogP contribution is 2.35. The van der Waals surface area contributed by atoms with Crippen LogP contribution in [0.25, 0.3) is 11.3 Å². The largest absolute Gasteiger partial charge is 0.497 e. The molecule has 1 aliphatic heterocycles. The fraction of sp³-hybridized carbons (Fsp3) is 0.286. The predicted molar refractivity (Wildman–Crippen MR) is 130 cm³/mol. The molecule has 1 aliphatic rings. The van der Waals surface area contributed by atoms with Gasteiger partial charge in [0.2, 0.25) is 0 Å². The molecule has 158 valence electrons. The lowest BCUT2D eigenvalue weighted by atomic mass is 10.1. The van der Waals surface area contributed by atoms with Crippen molar-refractivity contribution in [2.24, 2.45) is 0 Å². The van der Waals surface area contributed by atoms with Gasteiger partial charge in [0.05, 0.1) is 12.8 Å². The molecule has 4 rings (SSSR count). The minimum atomic E-state index is 0. The molecule has 1 aromatic heterocycles. The van der Waals surface area contributed by atoms with Crippen molar-refractivity contribution < 1.29 is 4.74 Å². The number of piperazine rings is 1. The Morgan fingerprint density at radius 1 is 0.966 bits per heavy atom. The third-order valence-corrected chi connectivity index (χ3v) is 5.76. The topological polar surface area (TPSA) is 37.4 Å². The van der Waals surface area contributed by atoms with Crippen molar-refractivity contribution in [1.29, 1.82) is 0 Å². The third kappa shape index (κ3) is 6.24. The summed E-state index contributed by atoms with van der Waals surface area (Å²) >= 11 is 1.82. The second-order valence-corrected chi connectivity index (χ2v) is 7.46. The van der Waals surface area contributed by atoms with Crippen LogP contribution in [-0.2, 0) is 6.42 Å². The molecule has 1 saturated heterocycles. The fourth-order valence-corrected chi connectivity index (χ4v) is 4.37. The zero-order valence-corrected chi connectivity index (χ0v) is 19.4. The Morgan fingerprint density at radius 3 is 2.24 bits per heavy atom. The molecule has 0 amide bonds. The predicted octanol–water partition coefficient (Wildman–Crippen LogP) is 5.08. The SMILES string of the molecule is COc1ccc(-c2nc(N3CCNCC3)sc2Cc2ccccc2)cc1.Cl.Cl.Cl. The van der Waals surface area contributed by atoms with Crippen molar-refractivity contribution in [3.63, 3.8) is 0 Å². The lowest BCUT2D eigenvalue weighted by Gasteiger charge is -2.26. The third-order valence-electron chi connectivity index (χ3n) is 4.64.